The molecule has 1 aromatic carbocycles. The van der Waals surface area contributed by atoms with Gasteiger partial charge < -0.3 is 9.30 Å². The van der Waals surface area contributed by atoms with Gasteiger partial charge in [0, 0.05) is 10.7 Å². The summed E-state index contributed by atoms with van der Waals surface area (Å²) in [4.78, 5) is 16.1. The number of aromatic nitrogens is 2. The number of ether oxygens (including phenoxy) is 1. The lowest BCUT2D eigenvalue weighted by molar-refractivity contribution is 0.0519. The molecule has 0 aliphatic carbocycles. The summed E-state index contributed by atoms with van der Waals surface area (Å²) in [5.41, 5.74) is 1.98. The molecule has 0 amide bonds. The number of halogens is 1. The number of hydrogen-bond donors (Lipinski definition) is 0. The highest BCUT2D eigenvalue weighted by Crippen LogP contribution is 2.21. The minimum atomic E-state index is -0.399. The van der Waals surface area contributed by atoms with E-state index in [1.165, 1.54) is 0 Å². The summed E-state index contributed by atoms with van der Waals surface area (Å²) in [6.45, 7) is 5.79. The largest absolute Gasteiger partial charge is 0.461 e. The second kappa shape index (κ2) is 5.45. The maximum Gasteiger partial charge on any atom is 0.358 e. The molecule has 1 heterocycles. The van der Waals surface area contributed by atoms with Crippen molar-refractivity contribution in [3.63, 3.8) is 0 Å². The predicted octanol–water partition coefficient (Wildman–Crippen LogP) is 3.32. The first kappa shape index (κ1) is 13.6. The van der Waals surface area contributed by atoms with Gasteiger partial charge in [-0.05, 0) is 39.0 Å². The van der Waals surface area contributed by atoms with Gasteiger partial charge in [0.25, 0.3) is 0 Å². The quantitative estimate of drug-likeness (QED) is 0.809. The average Bonchev–Trinajstić information content (AvgIpc) is 2.65. The lowest BCUT2D eigenvalue weighted by Crippen LogP contribution is -2.07. The molecule has 0 bridgehead atoms. The zero-order chi connectivity index (χ0) is 14.0. The third-order valence-electron chi connectivity index (χ3n) is 2.81. The van der Waals surface area contributed by atoms with Crippen LogP contribution in [0.3, 0.4) is 0 Å². The van der Waals surface area contributed by atoms with Crippen molar-refractivity contribution in [2.24, 2.45) is 0 Å². The molecule has 0 saturated heterocycles. The van der Waals surface area contributed by atoms with Gasteiger partial charge in [-0.3, -0.25) is 0 Å². The number of esters is 1. The number of rotatable bonds is 3. The number of benzene rings is 1. The standard InChI is InChI=1S/C14H15ClN2O2/c1-4-19-14(18)13-9(2)17(10(3)16-13)12-7-5-6-11(15)8-12/h5-8H,4H2,1-3H3. The summed E-state index contributed by atoms with van der Waals surface area (Å²) in [6, 6.07) is 7.42. The molecular formula is C14H15ClN2O2. The van der Waals surface area contributed by atoms with E-state index in [0.29, 0.717) is 17.3 Å². The van der Waals surface area contributed by atoms with Gasteiger partial charge in [0.1, 0.15) is 5.82 Å². The highest BCUT2D eigenvalue weighted by atomic mass is 35.5. The molecule has 4 nitrogen and oxygen atoms in total. The van der Waals surface area contributed by atoms with Crippen LogP contribution in [0.2, 0.25) is 5.02 Å². The molecule has 0 aliphatic heterocycles. The Morgan fingerprint density at radius 1 is 1.42 bits per heavy atom. The maximum absolute atomic E-state index is 11.8. The maximum atomic E-state index is 11.8. The van der Waals surface area contributed by atoms with Crippen LogP contribution in [0, 0.1) is 13.8 Å². The van der Waals surface area contributed by atoms with Crippen LogP contribution < -0.4 is 0 Å². The number of carbonyl (C=O) groups is 1. The molecule has 2 rings (SSSR count). The number of nitrogens with zero attached hydrogens (tertiary/aromatic N) is 2. The van der Waals surface area contributed by atoms with Crippen LogP contribution in [-0.4, -0.2) is 22.1 Å². The summed E-state index contributed by atoms with van der Waals surface area (Å²) >= 11 is 5.99. The van der Waals surface area contributed by atoms with Gasteiger partial charge >= 0.3 is 5.97 Å². The second-order valence-electron chi connectivity index (χ2n) is 4.13. The van der Waals surface area contributed by atoms with Gasteiger partial charge in [-0.25, -0.2) is 9.78 Å². The van der Waals surface area contributed by atoms with E-state index in [1.807, 2.05) is 36.6 Å². The predicted molar refractivity (Wildman–Crippen MR) is 74.0 cm³/mol. The van der Waals surface area contributed by atoms with Crippen LogP contribution in [0.4, 0.5) is 0 Å². The fraction of sp³-hybridized carbons (Fsp3) is 0.286. The van der Waals surface area contributed by atoms with Gasteiger partial charge in [0.05, 0.1) is 12.3 Å². The van der Waals surface area contributed by atoms with Crippen LogP contribution >= 0.6 is 11.6 Å². The van der Waals surface area contributed by atoms with Gasteiger partial charge in [0.15, 0.2) is 5.69 Å². The molecule has 0 N–H and O–H groups in total. The third-order valence-corrected chi connectivity index (χ3v) is 3.05. The fourth-order valence-electron chi connectivity index (χ4n) is 2.03. The molecule has 0 spiro atoms. The van der Waals surface area contributed by atoms with E-state index in [-0.39, 0.29) is 0 Å². The average molecular weight is 279 g/mol. The van der Waals surface area contributed by atoms with Crippen molar-refractivity contribution in [2.75, 3.05) is 6.61 Å². The van der Waals surface area contributed by atoms with Crippen molar-refractivity contribution >= 4 is 17.6 Å². The Morgan fingerprint density at radius 2 is 2.16 bits per heavy atom. The number of carbonyl (C=O) groups excluding carboxylic acids is 1. The Kier molecular flexibility index (Phi) is 3.90. The molecule has 2 aromatic rings. The van der Waals surface area contributed by atoms with Crippen molar-refractivity contribution in [1.29, 1.82) is 0 Å². The monoisotopic (exact) mass is 278 g/mol. The minimum absolute atomic E-state index is 0.335. The van der Waals surface area contributed by atoms with Crippen molar-refractivity contribution in [2.45, 2.75) is 20.8 Å². The van der Waals surface area contributed by atoms with Crippen molar-refractivity contribution in [1.82, 2.24) is 9.55 Å². The van der Waals surface area contributed by atoms with Crippen LogP contribution in [-0.2, 0) is 4.74 Å². The van der Waals surface area contributed by atoms with E-state index in [4.69, 9.17) is 16.3 Å². The minimum Gasteiger partial charge on any atom is -0.461 e. The smallest absolute Gasteiger partial charge is 0.358 e. The molecular weight excluding hydrogens is 264 g/mol. The Morgan fingerprint density at radius 3 is 2.79 bits per heavy atom. The summed E-state index contributed by atoms with van der Waals surface area (Å²) < 4.78 is 6.88. The second-order valence-corrected chi connectivity index (χ2v) is 4.57. The van der Waals surface area contributed by atoms with Crippen molar-refractivity contribution < 1.29 is 9.53 Å². The summed E-state index contributed by atoms with van der Waals surface area (Å²) in [5, 5.41) is 0.641. The Bertz CT molecular complexity index is 620. The molecule has 1 aromatic heterocycles. The normalized spacial score (nSPS) is 10.5. The molecule has 0 fully saturated rings. The highest BCUT2D eigenvalue weighted by Gasteiger charge is 2.19. The number of hydrogen-bond acceptors (Lipinski definition) is 3. The van der Waals surface area contributed by atoms with Crippen LogP contribution in [0.25, 0.3) is 5.69 Å². The molecule has 100 valence electrons. The molecule has 5 heteroatoms. The first-order valence-electron chi connectivity index (χ1n) is 6.03. The van der Waals surface area contributed by atoms with Gasteiger partial charge in [-0.1, -0.05) is 17.7 Å². The van der Waals surface area contributed by atoms with E-state index in [0.717, 1.165) is 17.2 Å². The Hall–Kier alpha value is -1.81. The zero-order valence-corrected chi connectivity index (χ0v) is 11.9. The molecule has 0 unspecified atom stereocenters. The topological polar surface area (TPSA) is 44.1 Å². The first-order valence-corrected chi connectivity index (χ1v) is 6.41. The number of imidazole rings is 1. The summed E-state index contributed by atoms with van der Waals surface area (Å²) in [7, 11) is 0. The molecule has 19 heavy (non-hydrogen) atoms. The van der Waals surface area contributed by atoms with Crippen LogP contribution in [0.1, 0.15) is 28.9 Å². The zero-order valence-electron chi connectivity index (χ0n) is 11.1. The Labute approximate surface area is 117 Å². The van der Waals surface area contributed by atoms with E-state index in [2.05, 4.69) is 4.98 Å². The van der Waals surface area contributed by atoms with Crippen molar-refractivity contribution in [3.8, 4) is 5.69 Å². The van der Waals surface area contributed by atoms with Crippen molar-refractivity contribution in [3.05, 3.63) is 46.5 Å². The lowest BCUT2D eigenvalue weighted by atomic mass is 10.3. The SMILES string of the molecule is CCOC(=O)c1nc(C)n(-c2cccc(Cl)c2)c1C. The van der Waals surface area contributed by atoms with Gasteiger partial charge in [-0.2, -0.15) is 0 Å². The van der Waals surface area contributed by atoms with E-state index in [9.17, 15) is 4.79 Å². The lowest BCUT2D eigenvalue weighted by Gasteiger charge is -2.08. The van der Waals surface area contributed by atoms with Gasteiger partial charge in [0.2, 0.25) is 0 Å². The molecule has 0 saturated carbocycles. The first-order chi connectivity index (χ1) is 9.04. The Balaban J connectivity index is 2.51. The van der Waals surface area contributed by atoms with E-state index in [1.54, 1.807) is 13.0 Å². The highest BCUT2D eigenvalue weighted by molar-refractivity contribution is 6.30. The van der Waals surface area contributed by atoms with E-state index < -0.39 is 5.97 Å². The fourth-order valence-corrected chi connectivity index (χ4v) is 2.21. The summed E-state index contributed by atoms with van der Waals surface area (Å²) in [6.07, 6.45) is 0. The molecule has 0 radical (unpaired) electrons. The van der Waals surface area contributed by atoms with Gasteiger partial charge in [-0.15, -0.1) is 0 Å². The molecule has 0 atom stereocenters. The van der Waals surface area contributed by atoms with Crippen LogP contribution in [0.15, 0.2) is 24.3 Å². The molecule has 0 aliphatic rings. The number of aryl methyl sites for hydroxylation is 1. The van der Waals surface area contributed by atoms with Crippen LogP contribution in [0.5, 0.6) is 0 Å². The summed E-state index contributed by atoms with van der Waals surface area (Å²) in [5.74, 6) is 0.326. The van der Waals surface area contributed by atoms with E-state index >= 15 is 0 Å². The third kappa shape index (κ3) is 2.63.